The van der Waals surface area contributed by atoms with Crippen LogP contribution in [0.2, 0.25) is 0 Å². The quantitative estimate of drug-likeness (QED) is 0.476. The molecule has 7 heteroatoms. The van der Waals surface area contributed by atoms with Crippen LogP contribution in [0.25, 0.3) is 6.08 Å². The Morgan fingerprint density at radius 2 is 1.89 bits per heavy atom. The maximum Gasteiger partial charge on any atom is 0.290 e. The normalized spacial score (nSPS) is 18.9. The second-order valence-corrected chi connectivity index (χ2v) is 9.00. The van der Waals surface area contributed by atoms with Crippen LogP contribution in [-0.2, 0) is 14.3 Å². The van der Waals surface area contributed by atoms with Crippen molar-refractivity contribution in [1.29, 1.82) is 0 Å². The number of carbonyl (C=O) groups excluding carboxylic acids is 2. The summed E-state index contributed by atoms with van der Waals surface area (Å²) in [6.07, 6.45) is 4.72. The number of ether oxygens (including phenoxy) is 2. The van der Waals surface area contributed by atoms with Crippen molar-refractivity contribution in [2.45, 2.75) is 25.8 Å². The van der Waals surface area contributed by atoms with Gasteiger partial charge in [0.25, 0.3) is 5.91 Å². The van der Waals surface area contributed by atoms with Gasteiger partial charge in [0.15, 0.2) is 11.5 Å². The number of hydrogen-bond acceptors (Lipinski definition) is 6. The molecule has 7 nitrogen and oxygen atoms in total. The van der Waals surface area contributed by atoms with Crippen LogP contribution >= 0.6 is 0 Å². The molecule has 0 spiro atoms. The van der Waals surface area contributed by atoms with E-state index < -0.39 is 17.7 Å². The van der Waals surface area contributed by atoms with Gasteiger partial charge in [-0.25, -0.2) is 0 Å². The van der Waals surface area contributed by atoms with Crippen molar-refractivity contribution in [3.05, 3.63) is 83.1 Å². The summed E-state index contributed by atoms with van der Waals surface area (Å²) in [6.45, 7) is 7.00. The zero-order chi connectivity index (χ0) is 25.3. The van der Waals surface area contributed by atoms with E-state index in [1.54, 1.807) is 11.0 Å². The second kappa shape index (κ2) is 12.5. The molecule has 1 saturated heterocycles. The van der Waals surface area contributed by atoms with Crippen LogP contribution in [0.4, 0.5) is 0 Å². The number of aliphatic hydroxyl groups is 1. The summed E-state index contributed by atoms with van der Waals surface area (Å²) in [6, 6.07) is 16.2. The molecule has 2 aromatic rings. The fraction of sp³-hybridized carbons (Fsp3) is 0.379. The highest BCUT2D eigenvalue weighted by Gasteiger charge is 2.42. The highest BCUT2D eigenvalue weighted by Crippen LogP contribution is 2.39. The molecule has 2 heterocycles. The minimum absolute atomic E-state index is 0.103. The lowest BCUT2D eigenvalue weighted by Crippen LogP contribution is -2.39. The van der Waals surface area contributed by atoms with Gasteiger partial charge in [-0.15, -0.1) is 0 Å². The molecular weight excluding hydrogens is 456 g/mol. The number of allylic oxidation sites excluding steroid dienone is 1. The minimum Gasteiger partial charge on any atom is -0.503 e. The molecule has 0 radical (unpaired) electrons. The summed E-state index contributed by atoms with van der Waals surface area (Å²) in [5.41, 5.74) is 1.71. The van der Waals surface area contributed by atoms with E-state index >= 15 is 0 Å². The van der Waals surface area contributed by atoms with Crippen LogP contribution in [0, 0.1) is 0 Å². The van der Waals surface area contributed by atoms with Crippen molar-refractivity contribution >= 4 is 17.8 Å². The predicted molar refractivity (Wildman–Crippen MR) is 139 cm³/mol. The fourth-order valence-corrected chi connectivity index (χ4v) is 4.59. The average molecular weight is 491 g/mol. The number of carbonyl (C=O) groups is 2. The maximum absolute atomic E-state index is 13.3. The largest absolute Gasteiger partial charge is 0.503 e. The van der Waals surface area contributed by atoms with E-state index in [9.17, 15) is 14.7 Å². The SMILES string of the molecule is CCCOc1cccc(C2C(C(=O)C=Cc3ccccc3)=C(O)C(=O)N2CCCN2CCOCC2)c1. The van der Waals surface area contributed by atoms with Crippen LogP contribution in [0.15, 0.2) is 72.0 Å². The predicted octanol–water partition coefficient (Wildman–Crippen LogP) is 4.18. The third-order valence-electron chi connectivity index (χ3n) is 6.42. The summed E-state index contributed by atoms with van der Waals surface area (Å²) in [5, 5.41) is 10.9. The van der Waals surface area contributed by atoms with Gasteiger partial charge in [0.2, 0.25) is 0 Å². The molecule has 0 bridgehead atoms. The number of rotatable bonds is 11. The standard InChI is InChI=1S/C29H34N2O5/c1-2-18-36-24-11-6-10-23(21-24)27-26(25(32)13-12-22-8-4-3-5-9-22)28(33)29(34)31(27)15-7-14-30-16-19-35-20-17-30/h3-6,8-13,21,27,33H,2,7,14-20H2,1H3. The first-order valence-electron chi connectivity index (χ1n) is 12.6. The molecular formula is C29H34N2O5. The molecule has 0 aliphatic carbocycles. The summed E-state index contributed by atoms with van der Waals surface area (Å²) in [4.78, 5) is 30.5. The van der Waals surface area contributed by atoms with E-state index in [4.69, 9.17) is 9.47 Å². The summed E-state index contributed by atoms with van der Waals surface area (Å²) < 4.78 is 11.2. The van der Waals surface area contributed by atoms with Crippen molar-refractivity contribution in [3.8, 4) is 5.75 Å². The first-order chi connectivity index (χ1) is 17.6. The van der Waals surface area contributed by atoms with Crippen molar-refractivity contribution in [2.24, 2.45) is 0 Å². The smallest absolute Gasteiger partial charge is 0.290 e. The third kappa shape index (κ3) is 6.22. The zero-order valence-electron chi connectivity index (χ0n) is 20.8. The highest BCUT2D eigenvalue weighted by molar-refractivity contribution is 6.14. The van der Waals surface area contributed by atoms with Gasteiger partial charge in [0, 0.05) is 26.2 Å². The maximum atomic E-state index is 13.3. The Balaban J connectivity index is 1.59. The molecule has 1 unspecified atom stereocenters. The first-order valence-corrected chi connectivity index (χ1v) is 12.6. The number of morpholine rings is 1. The van der Waals surface area contributed by atoms with Crippen LogP contribution in [0.3, 0.4) is 0 Å². The first kappa shape index (κ1) is 25.7. The lowest BCUT2D eigenvalue weighted by Gasteiger charge is -2.30. The number of hydrogen-bond donors (Lipinski definition) is 1. The molecule has 2 aromatic carbocycles. The zero-order valence-corrected chi connectivity index (χ0v) is 20.8. The van der Waals surface area contributed by atoms with Crippen molar-refractivity contribution in [3.63, 3.8) is 0 Å². The topological polar surface area (TPSA) is 79.3 Å². The molecule has 0 saturated carbocycles. The van der Waals surface area contributed by atoms with Gasteiger partial charge >= 0.3 is 0 Å². The summed E-state index contributed by atoms with van der Waals surface area (Å²) >= 11 is 0. The third-order valence-corrected chi connectivity index (χ3v) is 6.42. The van der Waals surface area contributed by atoms with E-state index in [0.717, 1.165) is 43.6 Å². The van der Waals surface area contributed by atoms with Crippen LogP contribution in [0.5, 0.6) is 5.75 Å². The van der Waals surface area contributed by atoms with Crippen molar-refractivity contribution in [2.75, 3.05) is 46.0 Å². The van der Waals surface area contributed by atoms with Crippen LogP contribution in [0.1, 0.15) is 36.9 Å². The number of ketones is 1. The lowest BCUT2D eigenvalue weighted by molar-refractivity contribution is -0.129. The average Bonchev–Trinajstić information content (AvgIpc) is 3.17. The van der Waals surface area contributed by atoms with E-state index in [1.807, 2.05) is 61.5 Å². The number of benzene rings is 2. The van der Waals surface area contributed by atoms with Gasteiger partial charge in [-0.3, -0.25) is 14.5 Å². The summed E-state index contributed by atoms with van der Waals surface area (Å²) in [5.74, 6) is -0.703. The van der Waals surface area contributed by atoms with E-state index in [1.165, 1.54) is 6.08 Å². The fourth-order valence-electron chi connectivity index (χ4n) is 4.59. The Kier molecular flexibility index (Phi) is 8.92. The number of aliphatic hydroxyl groups excluding tert-OH is 1. The second-order valence-electron chi connectivity index (χ2n) is 9.00. The monoisotopic (exact) mass is 490 g/mol. The minimum atomic E-state index is -0.680. The van der Waals surface area contributed by atoms with Gasteiger partial charge in [0.05, 0.1) is 31.4 Å². The van der Waals surface area contributed by atoms with E-state index in [2.05, 4.69) is 4.90 Å². The summed E-state index contributed by atoms with van der Waals surface area (Å²) in [7, 11) is 0. The Morgan fingerprint density at radius 3 is 2.64 bits per heavy atom. The van der Waals surface area contributed by atoms with Gasteiger partial charge in [-0.05, 0) is 42.2 Å². The van der Waals surface area contributed by atoms with Gasteiger partial charge in [-0.2, -0.15) is 0 Å². The van der Waals surface area contributed by atoms with E-state index in [-0.39, 0.29) is 11.4 Å². The molecule has 36 heavy (non-hydrogen) atoms. The molecule has 2 aliphatic heterocycles. The molecule has 1 fully saturated rings. The van der Waals surface area contributed by atoms with Gasteiger partial charge in [-0.1, -0.05) is 55.5 Å². The Morgan fingerprint density at radius 1 is 1.11 bits per heavy atom. The molecule has 190 valence electrons. The van der Waals surface area contributed by atoms with Gasteiger partial charge in [0.1, 0.15) is 5.75 Å². The highest BCUT2D eigenvalue weighted by atomic mass is 16.5. The van der Waals surface area contributed by atoms with Crippen LogP contribution < -0.4 is 4.74 Å². The molecule has 0 aromatic heterocycles. The van der Waals surface area contributed by atoms with E-state index in [0.29, 0.717) is 32.1 Å². The van der Waals surface area contributed by atoms with Crippen LogP contribution in [-0.4, -0.2) is 72.6 Å². The molecule has 1 amide bonds. The molecule has 1 N–H and O–H groups in total. The van der Waals surface area contributed by atoms with Gasteiger partial charge < -0.3 is 19.5 Å². The van der Waals surface area contributed by atoms with Crippen molar-refractivity contribution in [1.82, 2.24) is 9.80 Å². The molecule has 1 atom stereocenters. The molecule has 2 aliphatic rings. The number of amides is 1. The number of nitrogens with zero attached hydrogens (tertiary/aromatic N) is 2. The van der Waals surface area contributed by atoms with Crippen molar-refractivity contribution < 1.29 is 24.2 Å². The Hall–Kier alpha value is -3.42. The Bertz CT molecular complexity index is 1110. The Labute approximate surface area is 212 Å². The molecule has 4 rings (SSSR count). The lowest BCUT2D eigenvalue weighted by atomic mass is 9.95.